The first-order chi connectivity index (χ1) is 31.1. The van der Waals surface area contributed by atoms with Gasteiger partial charge in [0.2, 0.25) is 11.8 Å². The highest BCUT2D eigenvalue weighted by Gasteiger charge is 2.40. The number of carbonyl (C=O) groups excluding carboxylic acids is 4. The summed E-state index contributed by atoms with van der Waals surface area (Å²) in [6, 6.07) is 23.8. The van der Waals surface area contributed by atoms with Crippen molar-refractivity contribution < 1.29 is 28.0 Å². The maximum atomic E-state index is 13.7. The van der Waals surface area contributed by atoms with Crippen molar-refractivity contribution >= 4 is 23.6 Å². The highest BCUT2D eigenvalue weighted by atomic mass is 19.1. The Morgan fingerprint density at radius 2 is 0.906 bits per heavy atom. The predicted molar refractivity (Wildman–Crippen MR) is 242 cm³/mol. The molecule has 0 spiro atoms. The molecule has 0 saturated carbocycles. The van der Waals surface area contributed by atoms with Crippen LogP contribution in [0, 0.1) is 35.3 Å². The van der Waals surface area contributed by atoms with Crippen LogP contribution >= 0.6 is 0 Å². The van der Waals surface area contributed by atoms with Gasteiger partial charge in [-0.05, 0) is 170 Å². The Bertz CT molecular complexity index is 2190. The molecule has 0 aromatic heterocycles. The van der Waals surface area contributed by atoms with Crippen molar-refractivity contribution in [2.45, 2.75) is 63.5 Å². The monoisotopic (exact) mass is 870 g/mol. The van der Waals surface area contributed by atoms with Gasteiger partial charge in [-0.25, -0.2) is 8.78 Å². The number of halogens is 2. The van der Waals surface area contributed by atoms with Crippen LogP contribution in [0.25, 0.3) is 0 Å². The van der Waals surface area contributed by atoms with Gasteiger partial charge in [0, 0.05) is 64.2 Å². The number of nitrogens with one attached hydrogen (secondary N) is 2. The third kappa shape index (κ3) is 9.09. The van der Waals surface area contributed by atoms with Crippen LogP contribution < -0.4 is 10.6 Å². The van der Waals surface area contributed by atoms with Gasteiger partial charge in [0.05, 0.1) is 12.1 Å². The molecule has 4 amide bonds. The average Bonchev–Trinajstić information content (AvgIpc) is 3.34. The molecule has 6 saturated heterocycles. The third-order valence-electron chi connectivity index (χ3n) is 15.2. The van der Waals surface area contributed by atoms with E-state index in [0.717, 1.165) is 46.5 Å². The molecule has 12 rings (SSSR count). The minimum Gasteiger partial charge on any atom is -0.355 e. The van der Waals surface area contributed by atoms with Crippen LogP contribution in [0.4, 0.5) is 8.78 Å². The lowest BCUT2D eigenvalue weighted by Gasteiger charge is -2.46. The van der Waals surface area contributed by atoms with Crippen LogP contribution in [0.1, 0.15) is 105 Å². The lowest BCUT2D eigenvalue weighted by molar-refractivity contribution is -0.136. The summed E-state index contributed by atoms with van der Waals surface area (Å²) in [5.41, 5.74) is 7.26. The third-order valence-corrected chi connectivity index (χ3v) is 15.2. The van der Waals surface area contributed by atoms with Gasteiger partial charge in [-0.1, -0.05) is 36.4 Å². The predicted octanol–water partition coefficient (Wildman–Crippen LogP) is 6.78. The minimum atomic E-state index is -0.287. The van der Waals surface area contributed by atoms with E-state index in [-0.39, 0.29) is 47.3 Å². The molecule has 4 aromatic rings. The zero-order chi connectivity index (χ0) is 44.5. The molecule has 8 aliphatic rings. The first-order valence-corrected chi connectivity index (χ1v) is 23.3. The number of hydrogen-bond acceptors (Lipinski definition) is 6. The van der Waals surface area contributed by atoms with Crippen molar-refractivity contribution in [3.8, 4) is 0 Å². The summed E-state index contributed by atoms with van der Waals surface area (Å²) >= 11 is 0. The van der Waals surface area contributed by atoms with Crippen molar-refractivity contribution in [3.63, 3.8) is 0 Å². The lowest BCUT2D eigenvalue weighted by Crippen LogP contribution is -2.49. The van der Waals surface area contributed by atoms with E-state index in [4.69, 9.17) is 0 Å². The average molecular weight is 871 g/mol. The highest BCUT2D eigenvalue weighted by Crippen LogP contribution is 2.41. The van der Waals surface area contributed by atoms with Crippen LogP contribution in [0.5, 0.6) is 0 Å². The first kappa shape index (κ1) is 43.8. The van der Waals surface area contributed by atoms with E-state index in [9.17, 15) is 28.0 Å². The molecule has 64 heavy (non-hydrogen) atoms. The maximum Gasteiger partial charge on any atom is 0.251 e. The van der Waals surface area contributed by atoms with Gasteiger partial charge < -0.3 is 30.2 Å². The van der Waals surface area contributed by atoms with Crippen LogP contribution in [-0.4, -0.2) is 110 Å². The van der Waals surface area contributed by atoms with Crippen LogP contribution in [0.15, 0.2) is 84.9 Å². The largest absolute Gasteiger partial charge is 0.355 e. The summed E-state index contributed by atoms with van der Waals surface area (Å²) in [5, 5.41) is 5.35. The number of nitrogens with zero attached hydrogens (tertiary/aromatic N) is 4. The Hall–Kier alpha value is -5.46. The zero-order valence-electron chi connectivity index (χ0n) is 37.0. The molecule has 0 unspecified atom stereocenters. The van der Waals surface area contributed by atoms with Gasteiger partial charge in [0.15, 0.2) is 0 Å². The van der Waals surface area contributed by atoms with Gasteiger partial charge in [-0.2, -0.15) is 0 Å². The summed E-state index contributed by atoms with van der Waals surface area (Å²) in [7, 11) is 3.25. The Morgan fingerprint density at radius 3 is 1.23 bits per heavy atom. The molecule has 8 aliphatic heterocycles. The van der Waals surface area contributed by atoms with Gasteiger partial charge in [-0.3, -0.25) is 19.2 Å². The van der Waals surface area contributed by atoms with Gasteiger partial charge in [-0.15, -0.1) is 0 Å². The quantitative estimate of drug-likeness (QED) is 0.203. The number of rotatable bonds is 8. The number of amides is 4. The number of benzene rings is 4. The second-order valence-corrected chi connectivity index (χ2v) is 18.8. The molecular formula is C52H60F2N6O4. The van der Waals surface area contributed by atoms with Crippen molar-refractivity contribution in [1.82, 2.24) is 30.2 Å². The van der Waals surface area contributed by atoms with Crippen molar-refractivity contribution in [2.24, 2.45) is 23.7 Å². The standard InChI is InChI=1S/2C26H30FN3O2/c2*1-28-26(32)20-4-7-23-19(14-20)10-13-30(25(23)18-2-5-22(27)6-3-18)24(31)15-21-16-29-11-8-17(21)9-12-29/h2*2-7,14,17,21,25H,8-13,15-16H2,1H3,(H,28,32)/t21-,25+;21-,25-/m11/s1. The molecule has 4 bridgehead atoms. The normalized spacial score (nSPS) is 26.5. The molecule has 0 aliphatic carbocycles. The second-order valence-electron chi connectivity index (χ2n) is 18.8. The van der Waals surface area contributed by atoms with Crippen LogP contribution in [-0.2, 0) is 22.4 Å². The van der Waals surface area contributed by atoms with Crippen LogP contribution in [0.2, 0.25) is 0 Å². The fourth-order valence-corrected chi connectivity index (χ4v) is 11.7. The van der Waals surface area contributed by atoms with Crippen molar-refractivity contribution in [2.75, 3.05) is 66.5 Å². The molecule has 4 atom stereocenters. The molecule has 12 heteroatoms. The topological polar surface area (TPSA) is 105 Å². The Labute approximate surface area is 375 Å². The number of fused-ring (bicyclic) bond motifs is 8. The molecule has 336 valence electrons. The van der Waals surface area contributed by atoms with E-state index < -0.39 is 0 Å². The summed E-state index contributed by atoms with van der Waals surface area (Å²) in [5.74, 6) is 1.71. The lowest BCUT2D eigenvalue weighted by atomic mass is 9.77. The Balaban J connectivity index is 0.000000162. The number of hydrogen-bond donors (Lipinski definition) is 2. The Kier molecular flexibility index (Phi) is 13.0. The van der Waals surface area contributed by atoms with Gasteiger partial charge in [0.1, 0.15) is 11.6 Å². The van der Waals surface area contributed by atoms with E-state index in [0.29, 0.717) is 73.6 Å². The highest BCUT2D eigenvalue weighted by molar-refractivity contribution is 5.95. The van der Waals surface area contributed by atoms with Gasteiger partial charge in [0.25, 0.3) is 11.8 Å². The summed E-state index contributed by atoms with van der Waals surface area (Å²) in [4.78, 5) is 60.4. The summed E-state index contributed by atoms with van der Waals surface area (Å²) in [6.07, 6.45) is 7.37. The van der Waals surface area contributed by atoms with Gasteiger partial charge >= 0.3 is 0 Å². The van der Waals surface area contributed by atoms with Crippen molar-refractivity contribution in [3.05, 3.63) is 141 Å². The van der Waals surface area contributed by atoms with E-state index in [2.05, 4.69) is 20.4 Å². The molecule has 0 radical (unpaired) electrons. The molecular weight excluding hydrogens is 811 g/mol. The van der Waals surface area contributed by atoms with E-state index in [1.165, 1.54) is 76.1 Å². The van der Waals surface area contributed by atoms with E-state index >= 15 is 0 Å². The second kappa shape index (κ2) is 18.9. The van der Waals surface area contributed by atoms with E-state index in [1.54, 1.807) is 38.4 Å². The zero-order valence-corrected chi connectivity index (χ0v) is 37.0. The molecule has 10 nitrogen and oxygen atoms in total. The summed E-state index contributed by atoms with van der Waals surface area (Å²) < 4.78 is 27.3. The molecule has 4 aromatic carbocycles. The number of carbonyl (C=O) groups is 4. The smallest absolute Gasteiger partial charge is 0.251 e. The molecule has 6 fully saturated rings. The van der Waals surface area contributed by atoms with Crippen molar-refractivity contribution in [1.29, 1.82) is 0 Å². The molecule has 8 heterocycles. The molecule has 2 N–H and O–H groups in total. The number of piperidine rings is 6. The first-order valence-electron chi connectivity index (χ1n) is 23.3. The minimum absolute atomic E-state index is 0.119. The Morgan fingerprint density at radius 1 is 0.531 bits per heavy atom. The SMILES string of the molecule is CNC(=O)c1ccc2c(c1)CCN(C(=O)C[C@@H]1CN3CCC1CC3)[C@@H]2c1ccc(F)cc1.CNC(=O)c1ccc2c(c1)CCN(C(=O)C[C@@H]1CN3CCC1CC3)[C@H]2c1ccc(F)cc1. The summed E-state index contributed by atoms with van der Waals surface area (Å²) in [6.45, 7) is 7.92. The van der Waals surface area contributed by atoms with Crippen LogP contribution in [0.3, 0.4) is 0 Å². The maximum absolute atomic E-state index is 13.7. The fourth-order valence-electron chi connectivity index (χ4n) is 11.7. The fraction of sp³-hybridized carbons (Fsp3) is 0.462. The van der Waals surface area contributed by atoms with E-state index in [1.807, 2.05) is 46.2 Å².